The molecule has 0 saturated heterocycles. The lowest BCUT2D eigenvalue weighted by Gasteiger charge is -2.18. The van der Waals surface area contributed by atoms with Gasteiger partial charge in [0.1, 0.15) is 0 Å². The maximum Gasteiger partial charge on any atom is 0.325 e. The van der Waals surface area contributed by atoms with E-state index in [1.165, 1.54) is 0 Å². The quantitative estimate of drug-likeness (QED) is 0.579. The van der Waals surface area contributed by atoms with Crippen LogP contribution in [0.25, 0.3) is 0 Å². The van der Waals surface area contributed by atoms with Crippen molar-refractivity contribution in [3.63, 3.8) is 0 Å². The molecule has 1 aromatic carbocycles. The van der Waals surface area contributed by atoms with Gasteiger partial charge in [-0.15, -0.1) is 6.42 Å². The highest BCUT2D eigenvalue weighted by Crippen LogP contribution is 2.16. The molecule has 0 radical (unpaired) electrons. The van der Waals surface area contributed by atoms with E-state index < -0.39 is 8.32 Å². The van der Waals surface area contributed by atoms with Crippen LogP contribution in [0.2, 0.25) is 19.6 Å². The Morgan fingerprint density at radius 3 is 2.50 bits per heavy atom. The van der Waals surface area contributed by atoms with Crippen molar-refractivity contribution in [3.8, 4) is 12.3 Å². The molecule has 0 atom stereocenters. The highest BCUT2D eigenvalue weighted by molar-refractivity contribution is 6.71. The van der Waals surface area contributed by atoms with E-state index in [9.17, 15) is 4.79 Å². The average Bonchev–Trinajstić information content (AvgIpc) is 2.15. The van der Waals surface area contributed by atoms with E-state index in [2.05, 4.69) is 5.92 Å². The highest BCUT2D eigenvalue weighted by Gasteiger charge is 2.22. The van der Waals surface area contributed by atoms with Gasteiger partial charge in [-0.2, -0.15) is 0 Å². The second-order valence-electron chi connectivity index (χ2n) is 4.62. The van der Waals surface area contributed by atoms with E-state index in [1.807, 2.05) is 32.6 Å². The van der Waals surface area contributed by atoms with Gasteiger partial charge in [0.2, 0.25) is 8.32 Å². The molecule has 1 rings (SSSR count). The van der Waals surface area contributed by atoms with E-state index in [1.54, 1.807) is 12.1 Å². The Morgan fingerprint density at radius 2 is 2.00 bits per heavy atom. The molecule has 0 unspecified atom stereocenters. The molecule has 0 N–H and O–H groups in total. The molecule has 3 heteroatoms. The fourth-order valence-electron chi connectivity index (χ4n) is 1.35. The van der Waals surface area contributed by atoms with Gasteiger partial charge in [0, 0.05) is 5.56 Å². The van der Waals surface area contributed by atoms with Crippen molar-refractivity contribution < 1.29 is 9.22 Å². The number of carbonyl (C=O) groups excluding carboxylic acids is 1. The monoisotopic (exact) mass is 232 g/mol. The summed E-state index contributed by atoms with van der Waals surface area (Å²) >= 11 is 0. The van der Waals surface area contributed by atoms with Crippen molar-refractivity contribution in [2.45, 2.75) is 26.6 Å². The zero-order valence-corrected chi connectivity index (χ0v) is 11.1. The Morgan fingerprint density at radius 1 is 1.38 bits per heavy atom. The highest BCUT2D eigenvalue weighted by atomic mass is 28.4. The van der Waals surface area contributed by atoms with Crippen LogP contribution >= 0.6 is 0 Å². The van der Waals surface area contributed by atoms with Gasteiger partial charge in [-0.25, -0.2) is 4.79 Å². The Hall–Kier alpha value is -1.53. The molecule has 0 aliphatic rings. The molecule has 0 saturated carbocycles. The lowest BCUT2D eigenvalue weighted by atomic mass is 10.0. The minimum atomic E-state index is -1.85. The third-order valence-corrected chi connectivity index (χ3v) is 2.91. The average molecular weight is 232 g/mol. The van der Waals surface area contributed by atoms with Crippen LogP contribution in [0.4, 0.5) is 0 Å². The minimum absolute atomic E-state index is 0.270. The summed E-state index contributed by atoms with van der Waals surface area (Å²) in [6.45, 7) is 7.78. The molecule has 0 fully saturated rings. The van der Waals surface area contributed by atoms with Crippen molar-refractivity contribution in [1.29, 1.82) is 0 Å². The van der Waals surface area contributed by atoms with E-state index in [4.69, 9.17) is 10.8 Å². The third kappa shape index (κ3) is 2.98. The Labute approximate surface area is 97.8 Å². The molecular weight excluding hydrogens is 216 g/mol. The van der Waals surface area contributed by atoms with Crippen molar-refractivity contribution in [2.24, 2.45) is 0 Å². The Bertz CT molecular complexity index is 450. The molecule has 0 bridgehead atoms. The molecule has 0 aromatic heterocycles. The molecule has 84 valence electrons. The van der Waals surface area contributed by atoms with Crippen molar-refractivity contribution in [2.75, 3.05) is 0 Å². The molecule has 0 amide bonds. The molecule has 0 aliphatic carbocycles. The minimum Gasteiger partial charge on any atom is -0.516 e. The van der Waals surface area contributed by atoms with Gasteiger partial charge in [-0.3, -0.25) is 0 Å². The van der Waals surface area contributed by atoms with Gasteiger partial charge in [0.05, 0.1) is 5.56 Å². The van der Waals surface area contributed by atoms with Gasteiger partial charge < -0.3 is 4.43 Å². The second kappa shape index (κ2) is 4.54. The van der Waals surface area contributed by atoms with Gasteiger partial charge in [-0.1, -0.05) is 12.0 Å². The smallest absolute Gasteiger partial charge is 0.325 e. The third-order valence-electron chi connectivity index (χ3n) is 2.11. The number of terminal acetylenes is 1. The maximum atomic E-state index is 11.9. The summed E-state index contributed by atoms with van der Waals surface area (Å²) < 4.78 is 5.44. The van der Waals surface area contributed by atoms with Crippen LogP contribution in [-0.2, 0) is 4.43 Å². The zero-order chi connectivity index (χ0) is 12.3. The van der Waals surface area contributed by atoms with Crippen LogP contribution in [-0.4, -0.2) is 14.3 Å². The van der Waals surface area contributed by atoms with Crippen LogP contribution in [0, 0.1) is 19.3 Å². The summed E-state index contributed by atoms with van der Waals surface area (Å²) in [6.07, 6.45) is 5.35. The summed E-state index contributed by atoms with van der Waals surface area (Å²) in [5, 5.41) is 0. The van der Waals surface area contributed by atoms with Crippen LogP contribution in [0.5, 0.6) is 0 Å². The molecule has 0 heterocycles. The maximum absolute atomic E-state index is 11.9. The van der Waals surface area contributed by atoms with Crippen LogP contribution in [0.3, 0.4) is 0 Å². The fraction of sp³-hybridized carbons (Fsp3) is 0.308. The molecule has 2 nitrogen and oxygen atoms in total. The van der Waals surface area contributed by atoms with E-state index in [-0.39, 0.29) is 5.97 Å². The summed E-state index contributed by atoms with van der Waals surface area (Å²) in [6, 6.07) is 5.35. The number of carbonyl (C=O) groups is 1. The number of hydrogen-bond acceptors (Lipinski definition) is 2. The molecule has 1 aromatic rings. The summed E-state index contributed by atoms with van der Waals surface area (Å²) in [5.41, 5.74) is 2.12. The summed E-state index contributed by atoms with van der Waals surface area (Å²) in [5.74, 6) is 2.29. The van der Waals surface area contributed by atoms with Crippen LogP contribution < -0.4 is 0 Å². The normalized spacial score (nSPS) is 10.7. The van der Waals surface area contributed by atoms with E-state index in [0.717, 1.165) is 11.1 Å². The number of benzene rings is 1. The standard InChI is InChI=1S/C13H16O2Si/c1-6-11-8-7-9-12(10(11)2)13(14)15-16(3,4)5/h1,7-9H,2-5H3. The van der Waals surface area contributed by atoms with Crippen molar-refractivity contribution in [1.82, 2.24) is 0 Å². The fourth-order valence-corrected chi connectivity index (χ4v) is 2.01. The topological polar surface area (TPSA) is 26.3 Å². The van der Waals surface area contributed by atoms with Crippen molar-refractivity contribution in [3.05, 3.63) is 34.9 Å². The van der Waals surface area contributed by atoms with Gasteiger partial charge in [0.25, 0.3) is 0 Å². The predicted molar refractivity (Wildman–Crippen MR) is 67.9 cm³/mol. The first kappa shape index (κ1) is 12.5. The summed E-state index contributed by atoms with van der Waals surface area (Å²) in [4.78, 5) is 11.9. The van der Waals surface area contributed by atoms with Gasteiger partial charge in [0.15, 0.2) is 0 Å². The molecule has 0 aliphatic heterocycles. The largest absolute Gasteiger partial charge is 0.516 e. The number of rotatable bonds is 2. The first-order valence-corrected chi connectivity index (χ1v) is 8.55. The van der Waals surface area contributed by atoms with E-state index >= 15 is 0 Å². The number of hydrogen-bond donors (Lipinski definition) is 0. The first-order chi connectivity index (χ1) is 7.35. The molecule has 0 spiro atoms. The van der Waals surface area contributed by atoms with Crippen LogP contribution in [0.1, 0.15) is 21.5 Å². The zero-order valence-electron chi connectivity index (χ0n) is 10.1. The summed E-state index contributed by atoms with van der Waals surface area (Å²) in [7, 11) is -1.85. The Kier molecular flexibility index (Phi) is 3.56. The van der Waals surface area contributed by atoms with Gasteiger partial charge >= 0.3 is 5.97 Å². The van der Waals surface area contributed by atoms with E-state index in [0.29, 0.717) is 5.56 Å². The lowest BCUT2D eigenvalue weighted by Crippen LogP contribution is -2.29. The second-order valence-corrected chi connectivity index (χ2v) is 9.05. The molecular formula is C13H16O2Si. The SMILES string of the molecule is C#Cc1cccc(C(=O)O[Si](C)(C)C)c1C. The van der Waals surface area contributed by atoms with Crippen molar-refractivity contribution >= 4 is 14.3 Å². The lowest BCUT2D eigenvalue weighted by molar-refractivity contribution is 0.0724. The predicted octanol–water partition coefficient (Wildman–Crippen LogP) is 2.97. The van der Waals surface area contributed by atoms with Crippen LogP contribution in [0.15, 0.2) is 18.2 Å². The molecule has 16 heavy (non-hydrogen) atoms. The van der Waals surface area contributed by atoms with Gasteiger partial charge in [-0.05, 0) is 44.3 Å². The first-order valence-electron chi connectivity index (χ1n) is 5.15. The Balaban J connectivity index is 3.07.